The van der Waals surface area contributed by atoms with Crippen LogP contribution in [0.2, 0.25) is 0 Å². The summed E-state index contributed by atoms with van der Waals surface area (Å²) < 4.78 is 15.6. The van der Waals surface area contributed by atoms with Crippen LogP contribution in [0.15, 0.2) is 65.7 Å². The van der Waals surface area contributed by atoms with Gasteiger partial charge in [0.05, 0.1) is 18.1 Å². The summed E-state index contributed by atoms with van der Waals surface area (Å²) in [5.41, 5.74) is 5.33. The summed E-state index contributed by atoms with van der Waals surface area (Å²) in [6.45, 7) is 6.42. The molecule has 7 nitrogen and oxygen atoms in total. The van der Waals surface area contributed by atoms with Crippen LogP contribution in [0, 0.1) is 19.7 Å². The van der Waals surface area contributed by atoms with E-state index in [1.807, 2.05) is 56.9 Å². The fraction of sp³-hybridized carbons (Fsp3) is 0.321. The van der Waals surface area contributed by atoms with Crippen LogP contribution >= 0.6 is 0 Å². The zero-order valence-corrected chi connectivity index (χ0v) is 21.1. The maximum absolute atomic E-state index is 13.7. The number of carbonyl (C=O) groups is 1. The number of fused-ring (bicyclic) bond motifs is 1. The minimum absolute atomic E-state index is 0.124. The minimum Gasteiger partial charge on any atom is -0.341 e. The molecule has 3 heterocycles. The van der Waals surface area contributed by atoms with Crippen molar-refractivity contribution < 1.29 is 9.18 Å². The maximum Gasteiger partial charge on any atom is 0.279 e. The Morgan fingerprint density at radius 3 is 2.58 bits per heavy atom. The van der Waals surface area contributed by atoms with E-state index in [1.54, 1.807) is 23.4 Å². The Balaban J connectivity index is 1.48. The number of aromatic nitrogens is 2. The first-order valence-electron chi connectivity index (χ1n) is 12.2. The molecular weight excluding hydrogens is 455 g/mol. The van der Waals surface area contributed by atoms with Crippen LogP contribution in [0.25, 0.3) is 11.8 Å². The molecule has 0 aliphatic carbocycles. The third-order valence-corrected chi connectivity index (χ3v) is 6.73. The second-order valence-electron chi connectivity index (χ2n) is 9.73. The molecule has 5 rings (SSSR count). The molecule has 36 heavy (non-hydrogen) atoms. The van der Waals surface area contributed by atoms with E-state index < -0.39 is 0 Å². The Labute approximate surface area is 211 Å². The molecule has 0 radical (unpaired) electrons. The van der Waals surface area contributed by atoms with Gasteiger partial charge in [0.15, 0.2) is 0 Å². The molecule has 1 saturated heterocycles. The van der Waals surface area contributed by atoms with E-state index in [2.05, 4.69) is 20.9 Å². The first kappa shape index (κ1) is 23.9. The molecule has 0 bridgehead atoms. The third kappa shape index (κ3) is 4.68. The fourth-order valence-electron chi connectivity index (χ4n) is 4.83. The number of likely N-dealkylation sites (N-methyl/N-ethyl adjacent to an activating group) is 1. The van der Waals surface area contributed by atoms with Gasteiger partial charge in [0.2, 0.25) is 5.96 Å². The van der Waals surface area contributed by atoms with E-state index in [0.29, 0.717) is 11.7 Å². The monoisotopic (exact) mass is 486 g/mol. The largest absolute Gasteiger partial charge is 0.341 e. The number of carbonyl (C=O) groups excluding carboxylic acids is 1. The first-order chi connectivity index (χ1) is 17.3. The van der Waals surface area contributed by atoms with Crippen molar-refractivity contribution in [1.82, 2.24) is 24.3 Å². The second-order valence-corrected chi connectivity index (χ2v) is 9.73. The summed E-state index contributed by atoms with van der Waals surface area (Å²) in [5.74, 6) is 0.269. The lowest BCUT2D eigenvalue weighted by Crippen LogP contribution is -2.52. The summed E-state index contributed by atoms with van der Waals surface area (Å²) in [7, 11) is 4.07. The molecule has 0 spiro atoms. The van der Waals surface area contributed by atoms with Crippen molar-refractivity contribution in [3.05, 3.63) is 88.9 Å². The zero-order chi connectivity index (χ0) is 25.4. The molecule has 0 N–H and O–H groups in total. The van der Waals surface area contributed by atoms with E-state index >= 15 is 0 Å². The molecule has 0 saturated carbocycles. The van der Waals surface area contributed by atoms with Crippen molar-refractivity contribution in [2.24, 2.45) is 4.99 Å². The number of nitrogens with zero attached hydrogens (tertiary/aromatic N) is 6. The number of aliphatic imine (C=N–C) groups is 1. The third-order valence-electron chi connectivity index (χ3n) is 6.73. The summed E-state index contributed by atoms with van der Waals surface area (Å²) in [6.07, 6.45) is 6.41. The molecule has 2 aromatic carbocycles. The molecular formula is C28H31FN6O. The molecule has 1 amide bonds. The van der Waals surface area contributed by atoms with Crippen molar-refractivity contribution in [3.8, 4) is 5.69 Å². The van der Waals surface area contributed by atoms with Gasteiger partial charge in [0.1, 0.15) is 11.5 Å². The van der Waals surface area contributed by atoms with Gasteiger partial charge in [-0.05, 0) is 81.4 Å². The van der Waals surface area contributed by atoms with Crippen molar-refractivity contribution >= 4 is 17.9 Å². The summed E-state index contributed by atoms with van der Waals surface area (Å²) >= 11 is 0. The molecule has 1 atom stereocenters. The van der Waals surface area contributed by atoms with Crippen molar-refractivity contribution in [2.45, 2.75) is 26.3 Å². The quantitative estimate of drug-likeness (QED) is 0.491. The number of hydrogen-bond donors (Lipinski definition) is 0. The average molecular weight is 487 g/mol. The van der Waals surface area contributed by atoms with Crippen LogP contribution in [-0.4, -0.2) is 69.8 Å². The standard InChI is InChI=1S/C28H31FN6O/c1-19-15-21(5-10-25(19)34-17-20(2)30-18-34)16-24-27(36)35-26(22-6-8-23(29)9-7-22)11-12-33(28(35)31-24)14-13-32(3)4/h5-10,15-18,26H,11-14H2,1-4H3/b24-16-/t26-/m1/s1. The van der Waals surface area contributed by atoms with E-state index in [-0.39, 0.29) is 17.8 Å². The Morgan fingerprint density at radius 1 is 1.14 bits per heavy atom. The maximum atomic E-state index is 13.7. The number of halogens is 1. The van der Waals surface area contributed by atoms with E-state index in [0.717, 1.165) is 54.1 Å². The van der Waals surface area contributed by atoms with Gasteiger partial charge >= 0.3 is 0 Å². The van der Waals surface area contributed by atoms with Gasteiger partial charge in [0.25, 0.3) is 5.91 Å². The van der Waals surface area contributed by atoms with Crippen LogP contribution in [0.1, 0.15) is 34.8 Å². The molecule has 3 aromatic rings. The highest BCUT2D eigenvalue weighted by molar-refractivity contribution is 6.14. The van der Waals surface area contributed by atoms with Crippen LogP contribution in [0.3, 0.4) is 0 Å². The summed E-state index contributed by atoms with van der Waals surface area (Å²) in [4.78, 5) is 28.9. The molecule has 2 aliphatic heterocycles. The van der Waals surface area contributed by atoms with Crippen LogP contribution in [0.5, 0.6) is 0 Å². The van der Waals surface area contributed by atoms with Crippen molar-refractivity contribution in [2.75, 3.05) is 33.7 Å². The number of rotatable bonds is 6. The lowest BCUT2D eigenvalue weighted by Gasteiger charge is -2.40. The predicted octanol–water partition coefficient (Wildman–Crippen LogP) is 4.18. The van der Waals surface area contributed by atoms with Gasteiger partial charge in [-0.15, -0.1) is 0 Å². The predicted molar refractivity (Wildman–Crippen MR) is 139 cm³/mol. The lowest BCUT2D eigenvalue weighted by atomic mass is 9.99. The number of aryl methyl sites for hydroxylation is 2. The Kier molecular flexibility index (Phi) is 6.45. The highest BCUT2D eigenvalue weighted by atomic mass is 19.1. The minimum atomic E-state index is -0.283. The highest BCUT2D eigenvalue weighted by Gasteiger charge is 2.42. The molecule has 8 heteroatoms. The van der Waals surface area contributed by atoms with Gasteiger partial charge < -0.3 is 14.4 Å². The average Bonchev–Trinajstić information content (AvgIpc) is 3.42. The van der Waals surface area contributed by atoms with Crippen molar-refractivity contribution in [3.63, 3.8) is 0 Å². The van der Waals surface area contributed by atoms with Gasteiger partial charge in [-0.1, -0.05) is 18.2 Å². The van der Waals surface area contributed by atoms with Crippen molar-refractivity contribution in [1.29, 1.82) is 0 Å². The van der Waals surface area contributed by atoms with E-state index in [4.69, 9.17) is 4.99 Å². The SMILES string of the molecule is Cc1cn(-c2ccc(/C=C3\N=C4N(CCN(C)C)CC[C@H](c5ccc(F)cc5)N4C3=O)cc2C)cn1. The number of hydrogen-bond acceptors (Lipinski definition) is 5. The molecule has 1 aromatic heterocycles. The Morgan fingerprint density at radius 2 is 1.92 bits per heavy atom. The topological polar surface area (TPSA) is 57.0 Å². The molecule has 186 valence electrons. The van der Waals surface area contributed by atoms with Gasteiger partial charge in [-0.3, -0.25) is 9.69 Å². The smallest absolute Gasteiger partial charge is 0.279 e. The highest BCUT2D eigenvalue weighted by Crippen LogP contribution is 2.36. The molecule has 0 unspecified atom stereocenters. The fourth-order valence-corrected chi connectivity index (χ4v) is 4.83. The number of guanidine groups is 1. The Hall–Kier alpha value is -3.78. The second kappa shape index (κ2) is 9.70. The Bertz CT molecular complexity index is 1340. The lowest BCUT2D eigenvalue weighted by molar-refractivity contribution is -0.125. The summed E-state index contributed by atoms with van der Waals surface area (Å²) in [6, 6.07) is 12.4. The van der Waals surface area contributed by atoms with Gasteiger partial charge in [-0.2, -0.15) is 0 Å². The first-order valence-corrected chi connectivity index (χ1v) is 12.2. The molecule has 1 fully saturated rings. The number of benzene rings is 2. The number of imidazole rings is 1. The number of amides is 1. The zero-order valence-electron chi connectivity index (χ0n) is 21.1. The molecule has 2 aliphatic rings. The van der Waals surface area contributed by atoms with Crippen LogP contribution in [0.4, 0.5) is 4.39 Å². The van der Waals surface area contributed by atoms with Crippen LogP contribution in [-0.2, 0) is 4.79 Å². The van der Waals surface area contributed by atoms with Crippen LogP contribution < -0.4 is 0 Å². The summed E-state index contributed by atoms with van der Waals surface area (Å²) in [5, 5.41) is 0. The van der Waals surface area contributed by atoms with E-state index in [9.17, 15) is 9.18 Å². The normalized spacial score (nSPS) is 18.8. The van der Waals surface area contributed by atoms with Gasteiger partial charge in [0, 0.05) is 31.5 Å². The van der Waals surface area contributed by atoms with Gasteiger partial charge in [-0.25, -0.2) is 14.4 Å². The van der Waals surface area contributed by atoms with E-state index in [1.165, 1.54) is 12.1 Å².